The molecule has 1 N–H and O–H groups in total. The van der Waals surface area contributed by atoms with Crippen molar-refractivity contribution in [1.82, 2.24) is 4.31 Å². The number of phenolic OH excluding ortho intramolecular Hbond substituents is 1. The molecule has 174 valence electrons. The summed E-state index contributed by atoms with van der Waals surface area (Å²) < 4.78 is 82.1. The summed E-state index contributed by atoms with van der Waals surface area (Å²) in [5.41, 5.74) is -0.435. The number of nitrogens with zero attached hydrogens (tertiary/aromatic N) is 2. The Bertz CT molecular complexity index is 1260. The van der Waals surface area contributed by atoms with Crippen LogP contribution < -0.4 is 4.90 Å². The lowest BCUT2D eigenvalue weighted by molar-refractivity contribution is -0.138. The monoisotopic (exact) mass is 480 g/mol. The molecule has 0 saturated heterocycles. The summed E-state index contributed by atoms with van der Waals surface area (Å²) in [6.45, 7) is 0.00529. The van der Waals surface area contributed by atoms with Crippen molar-refractivity contribution in [1.29, 1.82) is 0 Å². The SMILES string of the molecule is CN1[C@H](Cc2ccccc2)CN(c2ccc(F)cc2)c2cc(C(F)(F)F)c(O)cc2S1(=O)=O. The molecule has 0 aliphatic carbocycles. The number of rotatable bonds is 3. The normalized spacial score (nSPS) is 18.6. The molecule has 3 aromatic rings. The van der Waals surface area contributed by atoms with Gasteiger partial charge in [-0.2, -0.15) is 17.5 Å². The summed E-state index contributed by atoms with van der Waals surface area (Å²) in [6, 6.07) is 14.7. The van der Waals surface area contributed by atoms with E-state index >= 15 is 0 Å². The molecule has 0 bridgehead atoms. The van der Waals surface area contributed by atoms with Crippen LogP contribution in [-0.4, -0.2) is 37.5 Å². The van der Waals surface area contributed by atoms with Crippen molar-refractivity contribution in [3.63, 3.8) is 0 Å². The Kier molecular flexibility index (Phi) is 5.83. The molecule has 33 heavy (non-hydrogen) atoms. The Hall–Kier alpha value is -3.11. The molecule has 0 spiro atoms. The highest BCUT2D eigenvalue weighted by Crippen LogP contribution is 2.45. The van der Waals surface area contributed by atoms with Gasteiger partial charge in [-0.25, -0.2) is 12.8 Å². The molecule has 1 aliphatic rings. The van der Waals surface area contributed by atoms with E-state index in [1.165, 1.54) is 24.1 Å². The van der Waals surface area contributed by atoms with Crippen LogP contribution in [0.1, 0.15) is 11.1 Å². The van der Waals surface area contributed by atoms with Crippen LogP contribution in [0, 0.1) is 5.82 Å². The van der Waals surface area contributed by atoms with Gasteiger partial charge in [-0.3, -0.25) is 0 Å². The molecule has 4 rings (SSSR count). The number of hydrogen-bond acceptors (Lipinski definition) is 4. The van der Waals surface area contributed by atoms with E-state index < -0.39 is 44.3 Å². The quantitative estimate of drug-likeness (QED) is 0.540. The number of hydrogen-bond donors (Lipinski definition) is 1. The number of benzene rings is 3. The first-order valence-electron chi connectivity index (χ1n) is 9.98. The number of phenols is 1. The van der Waals surface area contributed by atoms with E-state index in [4.69, 9.17) is 0 Å². The minimum Gasteiger partial charge on any atom is -0.507 e. The van der Waals surface area contributed by atoms with Gasteiger partial charge in [0.05, 0.1) is 11.3 Å². The molecule has 10 heteroatoms. The summed E-state index contributed by atoms with van der Waals surface area (Å²) >= 11 is 0. The maximum absolute atomic E-state index is 13.5. The molecular weight excluding hydrogens is 460 g/mol. The summed E-state index contributed by atoms with van der Waals surface area (Å²) in [4.78, 5) is 0.952. The second kappa shape index (κ2) is 8.35. The lowest BCUT2D eigenvalue weighted by atomic mass is 10.0. The summed E-state index contributed by atoms with van der Waals surface area (Å²) in [7, 11) is -2.91. The number of halogens is 4. The van der Waals surface area contributed by atoms with Gasteiger partial charge < -0.3 is 10.0 Å². The Labute approximate surface area is 188 Å². The number of sulfonamides is 1. The first kappa shape index (κ1) is 23.1. The largest absolute Gasteiger partial charge is 0.507 e. The summed E-state index contributed by atoms with van der Waals surface area (Å²) in [6.07, 6.45) is -4.61. The maximum atomic E-state index is 13.5. The van der Waals surface area contributed by atoms with Crippen molar-refractivity contribution in [3.8, 4) is 5.75 Å². The third-order valence-corrected chi connectivity index (χ3v) is 7.63. The smallest absolute Gasteiger partial charge is 0.420 e. The van der Waals surface area contributed by atoms with Crippen molar-refractivity contribution in [2.24, 2.45) is 0 Å². The molecule has 5 nitrogen and oxygen atoms in total. The topological polar surface area (TPSA) is 60.9 Å². The Morgan fingerprint density at radius 1 is 1.03 bits per heavy atom. The van der Waals surface area contributed by atoms with Crippen molar-refractivity contribution in [2.45, 2.75) is 23.5 Å². The van der Waals surface area contributed by atoms with Gasteiger partial charge in [0.1, 0.15) is 16.5 Å². The first-order chi connectivity index (χ1) is 15.5. The number of fused-ring (bicyclic) bond motifs is 1. The van der Waals surface area contributed by atoms with Crippen molar-refractivity contribution < 1.29 is 31.1 Å². The Morgan fingerprint density at radius 2 is 1.67 bits per heavy atom. The van der Waals surface area contributed by atoms with Gasteiger partial charge in [0.25, 0.3) is 0 Å². The zero-order chi connectivity index (χ0) is 24.0. The van der Waals surface area contributed by atoms with E-state index in [1.54, 1.807) is 12.1 Å². The van der Waals surface area contributed by atoms with Crippen LogP contribution in [0.25, 0.3) is 0 Å². The number of aromatic hydroxyl groups is 1. The van der Waals surface area contributed by atoms with E-state index in [2.05, 4.69) is 0 Å². The molecule has 3 aromatic carbocycles. The lowest BCUT2D eigenvalue weighted by Gasteiger charge is -2.30. The molecule has 0 amide bonds. The van der Waals surface area contributed by atoms with Crippen LogP contribution in [0.15, 0.2) is 71.6 Å². The highest BCUT2D eigenvalue weighted by Gasteiger charge is 2.41. The molecule has 1 heterocycles. The van der Waals surface area contributed by atoms with Crippen LogP contribution in [0.5, 0.6) is 5.75 Å². The Morgan fingerprint density at radius 3 is 2.27 bits per heavy atom. The predicted molar refractivity (Wildman–Crippen MR) is 115 cm³/mol. The molecule has 1 atom stereocenters. The van der Waals surface area contributed by atoms with Crippen molar-refractivity contribution >= 4 is 21.4 Å². The van der Waals surface area contributed by atoms with Gasteiger partial charge in [-0.15, -0.1) is 0 Å². The number of likely N-dealkylation sites (N-methyl/N-ethyl adjacent to an activating group) is 1. The van der Waals surface area contributed by atoms with Crippen LogP contribution in [-0.2, 0) is 22.6 Å². The van der Waals surface area contributed by atoms with Crippen molar-refractivity contribution in [3.05, 3.63) is 83.7 Å². The fourth-order valence-corrected chi connectivity index (χ4v) is 5.46. The minimum absolute atomic E-state index is 0.00529. The van der Waals surface area contributed by atoms with E-state index in [-0.39, 0.29) is 12.2 Å². The molecular formula is C23H20F4N2O3S. The van der Waals surface area contributed by atoms with Crippen molar-refractivity contribution in [2.75, 3.05) is 18.5 Å². The zero-order valence-electron chi connectivity index (χ0n) is 17.4. The molecule has 0 saturated carbocycles. The fraction of sp³-hybridized carbons (Fsp3) is 0.217. The van der Waals surface area contributed by atoms with Crippen LogP contribution in [0.3, 0.4) is 0 Å². The lowest BCUT2D eigenvalue weighted by Crippen LogP contribution is -2.42. The highest BCUT2D eigenvalue weighted by molar-refractivity contribution is 7.89. The number of alkyl halides is 3. The van der Waals surface area contributed by atoms with Gasteiger partial charge in [-0.1, -0.05) is 30.3 Å². The van der Waals surface area contributed by atoms with E-state index in [0.717, 1.165) is 22.0 Å². The van der Waals surface area contributed by atoms with E-state index in [9.17, 15) is 31.1 Å². The second-order valence-electron chi connectivity index (χ2n) is 7.79. The molecule has 0 aromatic heterocycles. The highest BCUT2D eigenvalue weighted by atomic mass is 32.2. The van der Waals surface area contributed by atoms with E-state index in [0.29, 0.717) is 24.2 Å². The minimum atomic E-state index is -4.90. The maximum Gasteiger partial charge on any atom is 0.420 e. The summed E-state index contributed by atoms with van der Waals surface area (Å²) in [5, 5.41) is 10.0. The van der Waals surface area contributed by atoms with Crippen LogP contribution in [0.2, 0.25) is 0 Å². The zero-order valence-corrected chi connectivity index (χ0v) is 18.2. The predicted octanol–water partition coefficient (Wildman–Crippen LogP) is 4.93. The molecule has 0 fully saturated rings. The van der Waals surface area contributed by atoms with Gasteiger partial charge >= 0.3 is 6.18 Å². The first-order valence-corrected chi connectivity index (χ1v) is 11.4. The van der Waals surface area contributed by atoms with Crippen LogP contribution in [0.4, 0.5) is 28.9 Å². The summed E-state index contributed by atoms with van der Waals surface area (Å²) in [5.74, 6) is -1.72. The second-order valence-corrected chi connectivity index (χ2v) is 9.75. The fourth-order valence-electron chi connectivity index (χ4n) is 3.92. The third-order valence-electron chi connectivity index (χ3n) is 5.69. The number of anilines is 2. The van der Waals surface area contributed by atoms with E-state index in [1.807, 2.05) is 18.2 Å². The Balaban J connectivity index is 1.93. The standard InChI is InChI=1S/C23H20F4N2O3S/c1-28-18(11-15-5-3-2-4-6-15)14-29(17-9-7-16(24)8-10-17)20-12-19(23(25,26)27)21(30)13-22(20)33(28,31)32/h2-10,12-13,18,30H,11,14H2,1H3/t18-/m1/s1. The molecule has 0 radical (unpaired) electrons. The van der Waals surface area contributed by atoms with Gasteiger partial charge in [0.2, 0.25) is 10.0 Å². The van der Waals surface area contributed by atoms with Gasteiger partial charge in [0.15, 0.2) is 0 Å². The average Bonchev–Trinajstić information content (AvgIpc) is 2.83. The molecule has 0 unspecified atom stereocenters. The average molecular weight is 480 g/mol. The van der Waals surface area contributed by atoms with Gasteiger partial charge in [-0.05, 0) is 42.3 Å². The van der Waals surface area contributed by atoms with Gasteiger partial charge in [0, 0.05) is 31.4 Å². The van der Waals surface area contributed by atoms with Crippen LogP contribution >= 0.6 is 0 Å². The third kappa shape index (κ3) is 4.40. The molecule has 1 aliphatic heterocycles.